The van der Waals surface area contributed by atoms with Crippen LogP contribution in [0.25, 0.3) is 22.2 Å². The summed E-state index contributed by atoms with van der Waals surface area (Å²) in [6, 6.07) is 14.8. The molecule has 2 aromatic carbocycles. The lowest BCUT2D eigenvalue weighted by Gasteiger charge is -2.07. The fourth-order valence-corrected chi connectivity index (χ4v) is 4.68. The molecule has 6 nitrogen and oxygen atoms in total. The molecule has 0 aliphatic rings. The standard InChI is InChI=1S/C21H16ClN3O3S2/c1-28-20(27)18-14(12-6-8-13(22)9-7-12)10-29-19(18)25-17(26)11-30-21-23-15-4-2-3-5-16(15)24-21/h2-10H,11H2,1H3,(H,23,24)(H,25,26). The number of nitrogens with zero attached hydrogens (tertiary/aromatic N) is 1. The van der Waals surface area contributed by atoms with E-state index in [0.717, 1.165) is 16.6 Å². The number of rotatable bonds is 6. The number of anilines is 1. The zero-order chi connectivity index (χ0) is 21.1. The molecule has 152 valence electrons. The molecule has 0 aliphatic heterocycles. The highest BCUT2D eigenvalue weighted by Crippen LogP contribution is 2.36. The summed E-state index contributed by atoms with van der Waals surface area (Å²) in [4.78, 5) is 32.5. The molecule has 0 spiro atoms. The average Bonchev–Trinajstić information content (AvgIpc) is 3.36. The number of hydrogen-bond donors (Lipinski definition) is 2. The van der Waals surface area contributed by atoms with Gasteiger partial charge in [0.25, 0.3) is 0 Å². The number of para-hydroxylation sites is 2. The molecule has 1 amide bonds. The Balaban J connectivity index is 1.51. The number of imidazole rings is 1. The maximum absolute atomic E-state index is 12.5. The fourth-order valence-electron chi connectivity index (χ4n) is 2.89. The zero-order valence-corrected chi connectivity index (χ0v) is 18.2. The van der Waals surface area contributed by atoms with E-state index in [-0.39, 0.29) is 11.7 Å². The summed E-state index contributed by atoms with van der Waals surface area (Å²) in [5, 5.41) is 6.35. The van der Waals surface area contributed by atoms with Crippen LogP contribution in [-0.2, 0) is 9.53 Å². The third kappa shape index (κ3) is 4.35. The van der Waals surface area contributed by atoms with Crippen molar-refractivity contribution in [1.29, 1.82) is 0 Å². The molecule has 0 bridgehead atoms. The SMILES string of the molecule is COC(=O)c1c(-c2ccc(Cl)cc2)csc1NC(=O)CSc1nc2ccccc2[nH]1. The number of methoxy groups -OCH3 is 1. The van der Waals surface area contributed by atoms with Crippen LogP contribution in [0.15, 0.2) is 59.1 Å². The predicted molar refractivity (Wildman–Crippen MR) is 122 cm³/mol. The van der Waals surface area contributed by atoms with Gasteiger partial charge in [-0.25, -0.2) is 9.78 Å². The molecular formula is C21H16ClN3O3S2. The number of H-pyrrole nitrogens is 1. The Morgan fingerprint density at radius 1 is 1.20 bits per heavy atom. The number of nitrogens with one attached hydrogen (secondary N) is 2. The van der Waals surface area contributed by atoms with Crippen molar-refractivity contribution in [3.05, 3.63) is 64.5 Å². The van der Waals surface area contributed by atoms with Crippen LogP contribution >= 0.6 is 34.7 Å². The van der Waals surface area contributed by atoms with Crippen molar-refractivity contribution < 1.29 is 14.3 Å². The molecule has 0 fully saturated rings. The van der Waals surface area contributed by atoms with Crippen molar-refractivity contribution >= 4 is 62.6 Å². The van der Waals surface area contributed by atoms with E-state index in [1.165, 1.54) is 30.2 Å². The van der Waals surface area contributed by atoms with Gasteiger partial charge in [0.1, 0.15) is 10.6 Å². The second-order valence-electron chi connectivity index (χ2n) is 6.25. The molecule has 4 aromatic rings. The molecule has 0 atom stereocenters. The van der Waals surface area contributed by atoms with Crippen molar-refractivity contribution in [3.8, 4) is 11.1 Å². The lowest BCUT2D eigenvalue weighted by atomic mass is 10.0. The topological polar surface area (TPSA) is 84.1 Å². The van der Waals surface area contributed by atoms with E-state index in [1.807, 2.05) is 41.8 Å². The Hall–Kier alpha value is -2.81. The van der Waals surface area contributed by atoms with Crippen LogP contribution in [0.1, 0.15) is 10.4 Å². The highest BCUT2D eigenvalue weighted by atomic mass is 35.5. The number of thioether (sulfide) groups is 1. The number of amides is 1. The van der Waals surface area contributed by atoms with Crippen molar-refractivity contribution in [3.63, 3.8) is 0 Å². The van der Waals surface area contributed by atoms with Crippen molar-refractivity contribution in [1.82, 2.24) is 9.97 Å². The molecule has 2 N–H and O–H groups in total. The quantitative estimate of drug-likeness (QED) is 0.296. The van der Waals surface area contributed by atoms with Gasteiger partial charge in [0, 0.05) is 16.0 Å². The van der Waals surface area contributed by atoms with Gasteiger partial charge in [-0.15, -0.1) is 11.3 Å². The van der Waals surface area contributed by atoms with Gasteiger partial charge in [-0.1, -0.05) is 47.6 Å². The van der Waals surface area contributed by atoms with E-state index < -0.39 is 5.97 Å². The highest BCUT2D eigenvalue weighted by molar-refractivity contribution is 7.99. The Kier molecular flexibility index (Phi) is 6.08. The van der Waals surface area contributed by atoms with Gasteiger partial charge in [0.15, 0.2) is 5.16 Å². The highest BCUT2D eigenvalue weighted by Gasteiger charge is 2.22. The van der Waals surface area contributed by atoms with Crippen molar-refractivity contribution in [2.75, 3.05) is 18.2 Å². The summed E-state index contributed by atoms with van der Waals surface area (Å²) in [7, 11) is 1.31. The van der Waals surface area contributed by atoms with Crippen molar-refractivity contribution in [2.24, 2.45) is 0 Å². The second kappa shape index (κ2) is 8.91. The third-order valence-corrected chi connectivity index (χ3v) is 6.32. The molecule has 9 heteroatoms. The average molecular weight is 458 g/mol. The lowest BCUT2D eigenvalue weighted by molar-refractivity contribution is -0.113. The van der Waals surface area contributed by atoms with E-state index >= 15 is 0 Å². The maximum atomic E-state index is 12.5. The first-order chi connectivity index (χ1) is 14.5. The first-order valence-electron chi connectivity index (χ1n) is 8.88. The number of carbonyl (C=O) groups excluding carboxylic acids is 2. The first kappa shape index (κ1) is 20.5. The minimum absolute atomic E-state index is 0.147. The van der Waals surface area contributed by atoms with Crippen LogP contribution in [0.5, 0.6) is 0 Å². The lowest BCUT2D eigenvalue weighted by Crippen LogP contribution is -2.16. The second-order valence-corrected chi connectivity index (χ2v) is 8.53. The van der Waals surface area contributed by atoms with Gasteiger partial charge >= 0.3 is 5.97 Å². The molecular weight excluding hydrogens is 442 g/mol. The fraction of sp³-hybridized carbons (Fsp3) is 0.0952. The van der Waals surface area contributed by atoms with Crippen molar-refractivity contribution in [2.45, 2.75) is 5.16 Å². The number of thiophene rings is 1. The van der Waals surface area contributed by atoms with Gasteiger partial charge in [0.05, 0.1) is 23.9 Å². The number of carbonyl (C=O) groups is 2. The molecule has 2 aromatic heterocycles. The van der Waals surface area contributed by atoms with E-state index in [9.17, 15) is 9.59 Å². The van der Waals surface area contributed by atoms with Crippen LogP contribution in [0, 0.1) is 0 Å². The number of benzene rings is 2. The molecule has 0 radical (unpaired) electrons. The van der Waals surface area contributed by atoms with Gasteiger partial charge in [0.2, 0.25) is 5.91 Å². The van der Waals surface area contributed by atoms with E-state index in [0.29, 0.717) is 26.3 Å². The predicted octanol–water partition coefficient (Wildman–Crippen LogP) is 5.46. The molecule has 0 aliphatic carbocycles. The van der Waals surface area contributed by atoms with Gasteiger partial charge in [-0.05, 0) is 29.8 Å². The third-order valence-electron chi connectivity index (χ3n) is 4.30. The minimum Gasteiger partial charge on any atom is -0.465 e. The Bertz CT molecular complexity index is 1180. The molecule has 4 rings (SSSR count). The van der Waals surface area contributed by atoms with Crippen LogP contribution in [0.2, 0.25) is 5.02 Å². The van der Waals surface area contributed by atoms with E-state index in [2.05, 4.69) is 15.3 Å². The Morgan fingerprint density at radius 3 is 2.70 bits per heavy atom. The number of hydrogen-bond acceptors (Lipinski definition) is 6. The molecule has 0 saturated carbocycles. The Labute approximate surface area is 185 Å². The zero-order valence-electron chi connectivity index (χ0n) is 15.8. The molecule has 30 heavy (non-hydrogen) atoms. The molecule has 0 saturated heterocycles. The summed E-state index contributed by atoms with van der Waals surface area (Å²) in [6.07, 6.45) is 0. The summed E-state index contributed by atoms with van der Waals surface area (Å²) in [5.41, 5.74) is 3.59. The Morgan fingerprint density at radius 2 is 1.97 bits per heavy atom. The first-order valence-corrected chi connectivity index (χ1v) is 11.1. The number of aromatic amines is 1. The van der Waals surface area contributed by atoms with Crippen LogP contribution < -0.4 is 5.32 Å². The summed E-state index contributed by atoms with van der Waals surface area (Å²) >= 11 is 8.53. The van der Waals surface area contributed by atoms with E-state index in [4.69, 9.17) is 16.3 Å². The van der Waals surface area contributed by atoms with Crippen LogP contribution in [-0.4, -0.2) is 34.7 Å². The maximum Gasteiger partial charge on any atom is 0.341 e. The van der Waals surface area contributed by atoms with Gasteiger partial charge in [-0.3, -0.25) is 4.79 Å². The number of ether oxygens (including phenoxy) is 1. The van der Waals surface area contributed by atoms with Crippen LogP contribution in [0.4, 0.5) is 5.00 Å². The normalized spacial score (nSPS) is 10.9. The van der Waals surface area contributed by atoms with Gasteiger partial charge < -0.3 is 15.0 Å². The monoisotopic (exact) mass is 457 g/mol. The number of esters is 1. The van der Waals surface area contributed by atoms with Gasteiger partial charge in [-0.2, -0.15) is 0 Å². The summed E-state index contributed by atoms with van der Waals surface area (Å²) in [5.74, 6) is -0.606. The summed E-state index contributed by atoms with van der Waals surface area (Å²) < 4.78 is 4.94. The largest absolute Gasteiger partial charge is 0.465 e. The van der Waals surface area contributed by atoms with Crippen LogP contribution in [0.3, 0.4) is 0 Å². The smallest absolute Gasteiger partial charge is 0.341 e. The van der Waals surface area contributed by atoms with E-state index in [1.54, 1.807) is 12.1 Å². The number of aromatic nitrogens is 2. The number of halogens is 1. The summed E-state index contributed by atoms with van der Waals surface area (Å²) in [6.45, 7) is 0. The number of fused-ring (bicyclic) bond motifs is 1. The minimum atomic E-state index is -0.513. The molecule has 0 unspecified atom stereocenters. The molecule has 2 heterocycles.